The van der Waals surface area contributed by atoms with Crippen LogP contribution >= 0.6 is 0 Å². The lowest BCUT2D eigenvalue weighted by Gasteiger charge is -2.25. The average molecular weight is 317 g/mol. The van der Waals surface area contributed by atoms with Gasteiger partial charge in [0, 0.05) is 6.04 Å². The highest BCUT2D eigenvalue weighted by molar-refractivity contribution is 6.00. The van der Waals surface area contributed by atoms with Gasteiger partial charge in [0.2, 0.25) is 5.91 Å². The summed E-state index contributed by atoms with van der Waals surface area (Å²) < 4.78 is 0. The molecule has 1 N–H and O–H groups in total. The van der Waals surface area contributed by atoms with Gasteiger partial charge in [-0.15, -0.1) is 0 Å². The summed E-state index contributed by atoms with van der Waals surface area (Å²) >= 11 is 0. The molecule has 0 aromatic heterocycles. The van der Waals surface area contributed by atoms with E-state index in [1.54, 1.807) is 12.1 Å². The lowest BCUT2D eigenvalue weighted by molar-refractivity contribution is -0.122. The van der Waals surface area contributed by atoms with Crippen LogP contribution in [0.5, 0.6) is 0 Å². The normalized spacial score (nSPS) is 22.1. The van der Waals surface area contributed by atoms with Gasteiger partial charge < -0.3 is 10.2 Å². The summed E-state index contributed by atoms with van der Waals surface area (Å²) in [5, 5.41) is 12.5. The number of rotatable bonds is 2. The molecular weight excluding hydrogens is 298 g/mol. The van der Waals surface area contributed by atoms with E-state index >= 15 is 0 Å². The minimum atomic E-state index is 0.0516. The number of nitriles is 1. The van der Waals surface area contributed by atoms with Gasteiger partial charge in [0.25, 0.3) is 0 Å². The standard InChI is InChI=1S/C20H19N3O/c21-12-14-8-10-15(11-9-14)13-23-19-7-2-1-5-18(19)22-17-6-3-4-16(17)20(23)24/h1-2,5,7-11,16-17,22H,3-4,6,13H2/t16-,17+/m0/s1. The van der Waals surface area contributed by atoms with Crippen LogP contribution in [0.4, 0.5) is 11.4 Å². The van der Waals surface area contributed by atoms with Crippen LogP contribution in [0.15, 0.2) is 48.5 Å². The Balaban J connectivity index is 1.71. The van der Waals surface area contributed by atoms with Crippen LogP contribution in [-0.2, 0) is 11.3 Å². The van der Waals surface area contributed by atoms with Crippen molar-refractivity contribution in [2.24, 2.45) is 5.92 Å². The first-order valence-corrected chi connectivity index (χ1v) is 8.42. The molecule has 0 spiro atoms. The predicted octanol–water partition coefficient (Wildman–Crippen LogP) is 3.69. The zero-order valence-electron chi connectivity index (χ0n) is 13.4. The number of nitrogens with zero attached hydrogens (tertiary/aromatic N) is 2. The number of fused-ring (bicyclic) bond motifs is 2. The fraction of sp³-hybridized carbons (Fsp3) is 0.300. The molecule has 1 saturated carbocycles. The van der Waals surface area contributed by atoms with Gasteiger partial charge in [0.05, 0.1) is 35.5 Å². The lowest BCUT2D eigenvalue weighted by atomic mass is 10.0. The molecule has 1 aliphatic carbocycles. The zero-order chi connectivity index (χ0) is 16.5. The van der Waals surface area contributed by atoms with Crippen molar-refractivity contribution in [1.29, 1.82) is 5.26 Å². The third kappa shape index (κ3) is 2.52. The molecule has 4 heteroatoms. The van der Waals surface area contributed by atoms with Crippen molar-refractivity contribution >= 4 is 17.3 Å². The average Bonchev–Trinajstić information content (AvgIpc) is 3.05. The summed E-state index contributed by atoms with van der Waals surface area (Å²) in [5.41, 5.74) is 3.66. The van der Waals surface area contributed by atoms with E-state index in [0.717, 1.165) is 36.2 Å². The minimum absolute atomic E-state index is 0.0516. The number of hydrogen-bond acceptors (Lipinski definition) is 3. The first kappa shape index (κ1) is 14.8. The van der Waals surface area contributed by atoms with Crippen molar-refractivity contribution in [3.63, 3.8) is 0 Å². The largest absolute Gasteiger partial charge is 0.380 e. The molecule has 1 amide bonds. The maximum atomic E-state index is 13.2. The molecule has 2 aromatic carbocycles. The van der Waals surface area contributed by atoms with Crippen molar-refractivity contribution in [2.45, 2.75) is 31.8 Å². The molecule has 4 rings (SSSR count). The SMILES string of the molecule is N#Cc1ccc(CN2C(=O)[C@H]3CCC[C@H]3Nc3ccccc32)cc1. The Hall–Kier alpha value is -2.80. The summed E-state index contributed by atoms with van der Waals surface area (Å²) in [4.78, 5) is 15.1. The van der Waals surface area contributed by atoms with Gasteiger partial charge in [-0.25, -0.2) is 0 Å². The number of anilines is 2. The number of hydrogen-bond donors (Lipinski definition) is 1. The van der Waals surface area contributed by atoms with Crippen molar-refractivity contribution in [1.82, 2.24) is 0 Å². The maximum absolute atomic E-state index is 13.2. The molecule has 0 unspecified atom stereocenters. The molecule has 2 atom stereocenters. The molecule has 2 aliphatic rings. The van der Waals surface area contributed by atoms with Crippen molar-refractivity contribution in [2.75, 3.05) is 10.2 Å². The molecule has 0 radical (unpaired) electrons. The highest BCUT2D eigenvalue weighted by atomic mass is 16.2. The monoisotopic (exact) mass is 317 g/mol. The van der Waals surface area contributed by atoms with Crippen LogP contribution in [0.3, 0.4) is 0 Å². The molecule has 1 aliphatic heterocycles. The van der Waals surface area contributed by atoms with Crippen LogP contribution in [0.1, 0.15) is 30.4 Å². The summed E-state index contributed by atoms with van der Waals surface area (Å²) in [7, 11) is 0. The highest BCUT2D eigenvalue weighted by Crippen LogP contribution is 2.39. The Labute approximate surface area is 141 Å². The number of carbonyl (C=O) groups excluding carboxylic acids is 1. The van der Waals surface area contributed by atoms with Gasteiger partial charge in [-0.2, -0.15) is 5.26 Å². The Bertz CT molecular complexity index is 806. The molecule has 1 heterocycles. The fourth-order valence-electron chi connectivity index (χ4n) is 3.81. The van der Waals surface area contributed by atoms with E-state index in [1.165, 1.54) is 0 Å². The Kier molecular flexibility index (Phi) is 3.70. The fourth-order valence-corrected chi connectivity index (χ4v) is 3.81. The number of para-hydroxylation sites is 2. The molecule has 24 heavy (non-hydrogen) atoms. The van der Waals surface area contributed by atoms with E-state index in [0.29, 0.717) is 12.1 Å². The molecular formula is C20H19N3O. The highest BCUT2D eigenvalue weighted by Gasteiger charge is 2.39. The zero-order valence-corrected chi connectivity index (χ0v) is 13.4. The Morgan fingerprint density at radius 1 is 1.12 bits per heavy atom. The van der Waals surface area contributed by atoms with Gasteiger partial charge in [-0.1, -0.05) is 30.7 Å². The van der Waals surface area contributed by atoms with E-state index in [4.69, 9.17) is 5.26 Å². The second-order valence-electron chi connectivity index (χ2n) is 6.54. The van der Waals surface area contributed by atoms with Gasteiger partial charge in [0.1, 0.15) is 0 Å². The maximum Gasteiger partial charge on any atom is 0.232 e. The minimum Gasteiger partial charge on any atom is -0.380 e. The van der Waals surface area contributed by atoms with Crippen molar-refractivity contribution in [3.8, 4) is 6.07 Å². The van der Waals surface area contributed by atoms with E-state index in [2.05, 4.69) is 17.5 Å². The number of nitrogens with one attached hydrogen (secondary N) is 1. The summed E-state index contributed by atoms with van der Waals surface area (Å²) in [6.07, 6.45) is 3.10. The molecule has 120 valence electrons. The van der Waals surface area contributed by atoms with E-state index < -0.39 is 0 Å². The van der Waals surface area contributed by atoms with Crippen LogP contribution in [0, 0.1) is 17.2 Å². The van der Waals surface area contributed by atoms with Gasteiger partial charge in [0.15, 0.2) is 0 Å². The second-order valence-corrected chi connectivity index (χ2v) is 6.54. The van der Waals surface area contributed by atoms with E-state index in [-0.39, 0.29) is 17.9 Å². The molecule has 0 bridgehead atoms. The third-order valence-corrected chi connectivity index (χ3v) is 5.06. The van der Waals surface area contributed by atoms with Crippen LogP contribution < -0.4 is 10.2 Å². The smallest absolute Gasteiger partial charge is 0.232 e. The number of benzene rings is 2. The lowest BCUT2D eigenvalue weighted by Crippen LogP contribution is -2.38. The van der Waals surface area contributed by atoms with Gasteiger partial charge >= 0.3 is 0 Å². The quantitative estimate of drug-likeness (QED) is 0.919. The van der Waals surface area contributed by atoms with Gasteiger partial charge in [-0.05, 0) is 42.7 Å². The Morgan fingerprint density at radius 2 is 1.92 bits per heavy atom. The molecule has 1 fully saturated rings. The topological polar surface area (TPSA) is 56.1 Å². The van der Waals surface area contributed by atoms with Crippen LogP contribution in [0.2, 0.25) is 0 Å². The third-order valence-electron chi connectivity index (χ3n) is 5.06. The van der Waals surface area contributed by atoms with Crippen LogP contribution in [-0.4, -0.2) is 11.9 Å². The summed E-state index contributed by atoms with van der Waals surface area (Å²) in [6, 6.07) is 17.9. The van der Waals surface area contributed by atoms with Crippen LogP contribution in [0.25, 0.3) is 0 Å². The Morgan fingerprint density at radius 3 is 2.71 bits per heavy atom. The molecule has 2 aromatic rings. The molecule has 0 saturated heterocycles. The first-order chi connectivity index (χ1) is 11.8. The first-order valence-electron chi connectivity index (χ1n) is 8.42. The molecule has 4 nitrogen and oxygen atoms in total. The van der Waals surface area contributed by atoms with E-state index in [1.807, 2.05) is 35.2 Å². The number of carbonyl (C=O) groups is 1. The second kappa shape index (κ2) is 6.01. The van der Waals surface area contributed by atoms with E-state index in [9.17, 15) is 4.79 Å². The van der Waals surface area contributed by atoms with Crippen molar-refractivity contribution < 1.29 is 4.79 Å². The number of amides is 1. The predicted molar refractivity (Wildman–Crippen MR) is 93.5 cm³/mol. The summed E-state index contributed by atoms with van der Waals surface area (Å²) in [6.45, 7) is 0.534. The van der Waals surface area contributed by atoms with Gasteiger partial charge in [-0.3, -0.25) is 4.79 Å². The van der Waals surface area contributed by atoms with Crippen molar-refractivity contribution in [3.05, 3.63) is 59.7 Å². The summed E-state index contributed by atoms with van der Waals surface area (Å²) in [5.74, 6) is 0.259.